The van der Waals surface area contributed by atoms with Crippen LogP contribution in [-0.4, -0.2) is 86.5 Å². The van der Waals surface area contributed by atoms with Crippen molar-refractivity contribution >= 4 is 33.9 Å². The molecule has 232 valence electrons. The van der Waals surface area contributed by atoms with Gasteiger partial charge in [0.25, 0.3) is 0 Å². The summed E-state index contributed by atoms with van der Waals surface area (Å²) in [5.74, 6) is 0.0785. The summed E-state index contributed by atoms with van der Waals surface area (Å²) in [7, 11) is 0. The van der Waals surface area contributed by atoms with Gasteiger partial charge in [0.2, 0.25) is 0 Å². The zero-order chi connectivity index (χ0) is 31.8. The van der Waals surface area contributed by atoms with Crippen LogP contribution < -0.4 is 8.32 Å². The normalized spacial score (nSPS) is 12.2. The Morgan fingerprint density at radius 3 is 1.88 bits per heavy atom. The molecule has 0 radical (unpaired) electrons. The van der Waals surface area contributed by atoms with Crippen molar-refractivity contribution in [2.24, 2.45) is 0 Å². The van der Waals surface area contributed by atoms with Gasteiger partial charge in [0.15, 0.2) is 6.33 Å². The zero-order valence-corrected chi connectivity index (χ0v) is 29.8. The summed E-state index contributed by atoms with van der Waals surface area (Å²) in [5.41, 5.74) is 1.35. The maximum atomic E-state index is 12.8. The number of hydrogen-bond donors (Lipinski definition) is 0. The van der Waals surface area contributed by atoms with Gasteiger partial charge in [-0.2, -0.15) is 0 Å². The Balaban J connectivity index is 1.85. The van der Waals surface area contributed by atoms with Crippen molar-refractivity contribution in [3.8, 4) is 17.1 Å². The molecule has 0 unspecified atom stereocenters. The molecule has 0 saturated heterocycles. The summed E-state index contributed by atoms with van der Waals surface area (Å²) in [6.45, 7) is 11.3. The predicted molar refractivity (Wildman–Crippen MR) is 169 cm³/mol. The number of carbonyl (C=O) groups excluding carboxylic acids is 2. The average molecular weight is 698 g/mol. The Hall–Kier alpha value is -3.12. The molecule has 0 N–H and O–H groups in total. The SMILES string of the molecule is CC(C)(C)OC(=O)CN(CC(=O)OC(C)(C)C)Cc1ccc(-c2nncnn2)cc1OCCc1cc[c]([Sn]([CH3])([CH3])[CH3])cc1. The summed E-state index contributed by atoms with van der Waals surface area (Å²) in [5, 5.41) is 15.8. The molecule has 3 aromatic rings. The number of carbonyl (C=O) groups is 2. The number of benzene rings is 2. The first-order valence-corrected chi connectivity index (χ1v) is 24.5. The van der Waals surface area contributed by atoms with E-state index in [9.17, 15) is 9.59 Å². The van der Waals surface area contributed by atoms with Crippen LogP contribution >= 0.6 is 0 Å². The first kappa shape index (κ1) is 34.4. The van der Waals surface area contributed by atoms with Crippen LogP contribution in [0.15, 0.2) is 48.8 Å². The molecule has 0 spiro atoms. The molecule has 10 nitrogen and oxygen atoms in total. The van der Waals surface area contributed by atoms with Crippen molar-refractivity contribution < 1.29 is 23.8 Å². The molecule has 2 aromatic carbocycles. The van der Waals surface area contributed by atoms with Crippen molar-refractivity contribution in [2.75, 3.05) is 19.7 Å². The van der Waals surface area contributed by atoms with E-state index in [1.165, 1.54) is 15.5 Å². The number of esters is 2. The molecule has 3 rings (SSSR count). The van der Waals surface area contributed by atoms with Crippen LogP contribution in [0.4, 0.5) is 0 Å². The molecule has 0 fully saturated rings. The van der Waals surface area contributed by atoms with Crippen LogP contribution in [0.2, 0.25) is 14.8 Å². The Labute approximate surface area is 259 Å². The second kappa shape index (κ2) is 14.6. The minimum atomic E-state index is -2.12. The van der Waals surface area contributed by atoms with E-state index >= 15 is 0 Å². The van der Waals surface area contributed by atoms with E-state index in [0.29, 0.717) is 30.2 Å². The van der Waals surface area contributed by atoms with Crippen LogP contribution in [0.25, 0.3) is 11.4 Å². The van der Waals surface area contributed by atoms with Crippen LogP contribution in [0.3, 0.4) is 0 Å². The molecular weight excluding hydrogens is 653 g/mol. The van der Waals surface area contributed by atoms with Crippen molar-refractivity contribution in [3.63, 3.8) is 0 Å². The van der Waals surface area contributed by atoms with Crippen LogP contribution in [0.5, 0.6) is 5.75 Å². The van der Waals surface area contributed by atoms with Gasteiger partial charge in [-0.3, -0.25) is 9.59 Å². The molecule has 1 aromatic heterocycles. The van der Waals surface area contributed by atoms with E-state index in [2.05, 4.69) is 59.5 Å². The van der Waals surface area contributed by atoms with E-state index in [-0.39, 0.29) is 19.6 Å². The summed E-state index contributed by atoms with van der Waals surface area (Å²) in [4.78, 5) is 34.5. The third kappa shape index (κ3) is 12.2. The van der Waals surface area contributed by atoms with E-state index < -0.39 is 41.5 Å². The standard InChI is InChI=1S/C29H36N5O5.3CH3.Sn/c1-28(2,3)38-25(35)18-34(19-26(36)39-29(4,5)6)17-23-13-12-22(27-32-30-20-31-33-27)16-24(23)37-15-14-21-10-8-7-9-11-21;;;;/h8-13,16,20H,14-15,17-19H2,1-6H3;3*1H3;. The molecule has 1 heterocycles. The van der Waals surface area contributed by atoms with Gasteiger partial charge in [-0.05, 0) is 41.5 Å². The maximum absolute atomic E-state index is 12.8. The first-order chi connectivity index (χ1) is 20.0. The van der Waals surface area contributed by atoms with Gasteiger partial charge in [-0.15, -0.1) is 10.2 Å². The monoisotopic (exact) mass is 699 g/mol. The zero-order valence-electron chi connectivity index (χ0n) is 26.9. The number of nitrogens with zero attached hydrogens (tertiary/aromatic N) is 5. The molecule has 0 aliphatic carbocycles. The predicted octanol–water partition coefficient (Wildman–Crippen LogP) is 4.59. The quantitative estimate of drug-likeness (QED) is 0.197. The number of hydrogen-bond acceptors (Lipinski definition) is 10. The minimum absolute atomic E-state index is 0.0987. The molecule has 0 saturated carbocycles. The summed E-state index contributed by atoms with van der Waals surface area (Å²) >= 11 is -2.12. The van der Waals surface area contributed by atoms with Crippen molar-refractivity contribution in [2.45, 2.75) is 80.5 Å². The summed E-state index contributed by atoms with van der Waals surface area (Å²) in [6, 6.07) is 14.4. The van der Waals surface area contributed by atoms with Crippen LogP contribution in [0, 0.1) is 0 Å². The van der Waals surface area contributed by atoms with Crippen molar-refractivity contribution in [1.29, 1.82) is 0 Å². The third-order valence-electron chi connectivity index (χ3n) is 6.14. The average Bonchev–Trinajstić information content (AvgIpc) is 2.87. The molecular formula is C32H45N5O5Sn. The van der Waals surface area contributed by atoms with Gasteiger partial charge >= 0.3 is 172 Å². The fraction of sp³-hybridized carbons (Fsp3) is 0.500. The van der Waals surface area contributed by atoms with Crippen LogP contribution in [-0.2, 0) is 32.0 Å². The Morgan fingerprint density at radius 1 is 0.814 bits per heavy atom. The molecule has 0 amide bonds. The van der Waals surface area contributed by atoms with E-state index in [4.69, 9.17) is 14.2 Å². The van der Waals surface area contributed by atoms with Crippen molar-refractivity contribution in [1.82, 2.24) is 25.3 Å². The van der Waals surface area contributed by atoms with Crippen molar-refractivity contribution in [3.05, 3.63) is 59.9 Å². The van der Waals surface area contributed by atoms with Gasteiger partial charge in [0, 0.05) is 0 Å². The number of ether oxygens (including phenoxy) is 3. The van der Waals surface area contributed by atoms with E-state index in [0.717, 1.165) is 5.56 Å². The molecule has 0 bridgehead atoms. The van der Waals surface area contributed by atoms with Gasteiger partial charge < -0.3 is 9.47 Å². The summed E-state index contributed by atoms with van der Waals surface area (Å²) < 4.78 is 18.9. The fourth-order valence-corrected chi connectivity index (χ4v) is 7.58. The Kier molecular flexibility index (Phi) is 11.6. The van der Waals surface area contributed by atoms with E-state index in [1.807, 2.05) is 59.7 Å². The third-order valence-corrected chi connectivity index (χ3v) is 12.0. The fourth-order valence-electron chi connectivity index (χ4n) is 4.25. The van der Waals surface area contributed by atoms with Gasteiger partial charge in [0.1, 0.15) is 11.2 Å². The molecule has 0 aliphatic heterocycles. The number of rotatable bonds is 12. The van der Waals surface area contributed by atoms with Gasteiger partial charge in [-0.1, -0.05) is 0 Å². The molecule has 11 heteroatoms. The Bertz CT molecular complexity index is 1330. The topological polar surface area (TPSA) is 117 Å². The molecule has 0 aliphatic rings. The van der Waals surface area contributed by atoms with Crippen LogP contribution in [0.1, 0.15) is 52.7 Å². The first-order valence-electron chi connectivity index (χ1n) is 14.5. The number of aromatic nitrogens is 4. The molecule has 43 heavy (non-hydrogen) atoms. The summed E-state index contributed by atoms with van der Waals surface area (Å²) in [6.07, 6.45) is 1.99. The van der Waals surface area contributed by atoms with Gasteiger partial charge in [0.05, 0.1) is 0 Å². The Morgan fingerprint density at radius 2 is 1.37 bits per heavy atom. The second-order valence-corrected chi connectivity index (χ2v) is 28.0. The molecule has 0 atom stereocenters. The second-order valence-electron chi connectivity index (χ2n) is 13.6. The van der Waals surface area contributed by atoms with E-state index in [1.54, 1.807) is 4.90 Å². The van der Waals surface area contributed by atoms with Gasteiger partial charge in [-0.25, -0.2) is 0 Å².